The molecule has 0 aliphatic heterocycles. The van der Waals surface area contributed by atoms with Crippen molar-refractivity contribution in [2.24, 2.45) is 4.99 Å². The molecule has 2 N–H and O–H groups in total. The van der Waals surface area contributed by atoms with Crippen LogP contribution in [-0.2, 0) is 6.54 Å². The number of benzene rings is 1. The first kappa shape index (κ1) is 15.5. The Bertz CT molecular complexity index is 447. The summed E-state index contributed by atoms with van der Waals surface area (Å²) in [4.78, 5) is 4.30. The lowest BCUT2D eigenvalue weighted by molar-refractivity contribution is 0.614. The summed E-state index contributed by atoms with van der Waals surface area (Å²) >= 11 is 7.85. The zero-order chi connectivity index (χ0) is 14.4. The van der Waals surface area contributed by atoms with Crippen LogP contribution in [0.2, 0.25) is 5.02 Å². The fourth-order valence-electron chi connectivity index (χ4n) is 2.46. The maximum atomic E-state index is 5.88. The van der Waals surface area contributed by atoms with E-state index in [1.165, 1.54) is 24.8 Å². The summed E-state index contributed by atoms with van der Waals surface area (Å²) in [6, 6.07) is 8.43. The van der Waals surface area contributed by atoms with E-state index >= 15 is 0 Å². The van der Waals surface area contributed by atoms with E-state index in [0.717, 1.165) is 22.8 Å². The average Bonchev–Trinajstić information content (AvgIpc) is 2.93. The number of hydrogen-bond donors (Lipinski definition) is 2. The molecule has 1 aliphatic carbocycles. The van der Waals surface area contributed by atoms with Crippen LogP contribution in [0, 0.1) is 0 Å². The lowest BCUT2D eigenvalue weighted by Crippen LogP contribution is -2.42. The van der Waals surface area contributed by atoms with Crippen molar-refractivity contribution >= 4 is 29.3 Å². The zero-order valence-electron chi connectivity index (χ0n) is 12.0. The summed E-state index contributed by atoms with van der Waals surface area (Å²) < 4.78 is 0. The van der Waals surface area contributed by atoms with E-state index in [2.05, 4.69) is 21.9 Å². The van der Waals surface area contributed by atoms with E-state index in [4.69, 9.17) is 11.6 Å². The molecule has 2 atom stereocenters. The molecule has 20 heavy (non-hydrogen) atoms. The number of nitrogens with one attached hydrogen (secondary N) is 2. The number of nitrogens with zero attached hydrogens (tertiary/aromatic N) is 1. The highest BCUT2D eigenvalue weighted by Gasteiger charge is 2.24. The van der Waals surface area contributed by atoms with Crippen molar-refractivity contribution in [2.45, 2.75) is 37.1 Å². The Kier molecular flexibility index (Phi) is 6.05. The third-order valence-corrected chi connectivity index (χ3v) is 5.00. The molecule has 1 saturated carbocycles. The van der Waals surface area contributed by atoms with Gasteiger partial charge in [0.05, 0.1) is 0 Å². The molecule has 1 aromatic rings. The predicted octanol–water partition coefficient (Wildman–Crippen LogP) is 3.29. The number of guanidine groups is 1. The Balaban J connectivity index is 1.80. The highest BCUT2D eigenvalue weighted by atomic mass is 35.5. The van der Waals surface area contributed by atoms with Crippen LogP contribution >= 0.6 is 23.4 Å². The lowest BCUT2D eigenvalue weighted by atomic mass is 10.2. The van der Waals surface area contributed by atoms with E-state index in [9.17, 15) is 0 Å². The highest BCUT2D eigenvalue weighted by Crippen LogP contribution is 2.27. The van der Waals surface area contributed by atoms with Crippen LogP contribution in [0.3, 0.4) is 0 Å². The summed E-state index contributed by atoms with van der Waals surface area (Å²) in [5.74, 6) is 0.881. The number of rotatable bonds is 4. The van der Waals surface area contributed by atoms with Crippen molar-refractivity contribution in [3.63, 3.8) is 0 Å². The Labute approximate surface area is 130 Å². The molecule has 110 valence electrons. The van der Waals surface area contributed by atoms with E-state index in [-0.39, 0.29) is 0 Å². The summed E-state index contributed by atoms with van der Waals surface area (Å²) in [7, 11) is 1.82. The van der Waals surface area contributed by atoms with Gasteiger partial charge in [-0.05, 0) is 43.2 Å². The van der Waals surface area contributed by atoms with Crippen LogP contribution in [0.1, 0.15) is 24.8 Å². The molecule has 1 aliphatic rings. The lowest BCUT2D eigenvalue weighted by Gasteiger charge is -2.17. The second-order valence-electron chi connectivity index (χ2n) is 5.06. The molecule has 1 aromatic carbocycles. The molecular formula is C15H22ClN3S. The minimum Gasteiger partial charge on any atom is -0.354 e. The fourth-order valence-corrected chi connectivity index (χ4v) is 3.38. The van der Waals surface area contributed by atoms with Crippen molar-refractivity contribution < 1.29 is 0 Å². The van der Waals surface area contributed by atoms with Crippen LogP contribution in [-0.4, -0.2) is 30.6 Å². The molecule has 0 radical (unpaired) electrons. The summed E-state index contributed by atoms with van der Waals surface area (Å²) in [6.07, 6.45) is 5.95. The van der Waals surface area contributed by atoms with Crippen molar-refractivity contribution in [2.75, 3.05) is 13.3 Å². The molecule has 5 heteroatoms. The first-order valence-electron chi connectivity index (χ1n) is 6.95. The van der Waals surface area contributed by atoms with Crippen molar-refractivity contribution in [3.05, 3.63) is 34.9 Å². The Morgan fingerprint density at radius 1 is 1.35 bits per heavy atom. The van der Waals surface area contributed by atoms with Gasteiger partial charge < -0.3 is 10.6 Å². The molecule has 3 nitrogen and oxygen atoms in total. The first-order valence-corrected chi connectivity index (χ1v) is 8.62. The van der Waals surface area contributed by atoms with Gasteiger partial charge in [0.15, 0.2) is 5.96 Å². The van der Waals surface area contributed by atoms with Gasteiger partial charge in [0.1, 0.15) is 0 Å². The van der Waals surface area contributed by atoms with Gasteiger partial charge >= 0.3 is 0 Å². The third kappa shape index (κ3) is 4.60. The van der Waals surface area contributed by atoms with Gasteiger partial charge in [0.25, 0.3) is 0 Å². The normalized spacial score (nSPS) is 22.9. The Hall–Kier alpha value is -0.870. The first-order chi connectivity index (χ1) is 9.71. The maximum absolute atomic E-state index is 5.88. The second-order valence-corrected chi connectivity index (χ2v) is 6.64. The predicted molar refractivity (Wildman–Crippen MR) is 89.7 cm³/mol. The van der Waals surface area contributed by atoms with Gasteiger partial charge in [0, 0.05) is 29.9 Å². The molecule has 0 spiro atoms. The molecule has 2 unspecified atom stereocenters. The fraction of sp³-hybridized carbons (Fsp3) is 0.533. The molecule has 0 bridgehead atoms. The van der Waals surface area contributed by atoms with Crippen LogP contribution in [0.4, 0.5) is 0 Å². The van der Waals surface area contributed by atoms with E-state index < -0.39 is 0 Å². The van der Waals surface area contributed by atoms with Crippen LogP contribution in [0.5, 0.6) is 0 Å². The standard InChI is InChI=1S/C15H22ClN3S/c1-17-15(19-13-7-8-14(9-13)20-2)18-10-11-3-5-12(16)6-4-11/h3-6,13-14H,7-10H2,1-2H3,(H2,17,18,19). The second kappa shape index (κ2) is 7.79. The monoisotopic (exact) mass is 311 g/mol. The Morgan fingerprint density at radius 3 is 2.70 bits per heavy atom. The average molecular weight is 312 g/mol. The summed E-state index contributed by atoms with van der Waals surface area (Å²) in [6.45, 7) is 0.759. The minimum atomic E-state index is 0.545. The van der Waals surface area contributed by atoms with Gasteiger partial charge in [-0.2, -0.15) is 11.8 Å². The smallest absolute Gasteiger partial charge is 0.191 e. The van der Waals surface area contributed by atoms with Crippen LogP contribution in [0.15, 0.2) is 29.3 Å². The quantitative estimate of drug-likeness (QED) is 0.662. The van der Waals surface area contributed by atoms with Gasteiger partial charge in [-0.1, -0.05) is 23.7 Å². The van der Waals surface area contributed by atoms with Crippen molar-refractivity contribution in [1.29, 1.82) is 0 Å². The molecule has 0 heterocycles. The zero-order valence-corrected chi connectivity index (χ0v) is 13.6. The molecule has 2 rings (SSSR count). The minimum absolute atomic E-state index is 0.545. The number of halogens is 1. The number of aliphatic imine (C=N–C) groups is 1. The van der Waals surface area contributed by atoms with Gasteiger partial charge in [-0.3, -0.25) is 4.99 Å². The molecular weight excluding hydrogens is 290 g/mol. The van der Waals surface area contributed by atoms with E-state index in [1.54, 1.807) is 0 Å². The van der Waals surface area contributed by atoms with Gasteiger partial charge in [-0.15, -0.1) is 0 Å². The maximum Gasteiger partial charge on any atom is 0.191 e. The van der Waals surface area contributed by atoms with Crippen molar-refractivity contribution in [1.82, 2.24) is 10.6 Å². The molecule has 1 fully saturated rings. The van der Waals surface area contributed by atoms with Crippen molar-refractivity contribution in [3.8, 4) is 0 Å². The summed E-state index contributed by atoms with van der Waals surface area (Å²) in [5, 5.41) is 8.43. The largest absolute Gasteiger partial charge is 0.354 e. The third-order valence-electron chi connectivity index (χ3n) is 3.66. The molecule has 0 saturated heterocycles. The topological polar surface area (TPSA) is 36.4 Å². The van der Waals surface area contributed by atoms with E-state index in [1.807, 2.05) is 43.1 Å². The summed E-state index contributed by atoms with van der Waals surface area (Å²) in [5.41, 5.74) is 1.20. The van der Waals surface area contributed by atoms with Gasteiger partial charge in [-0.25, -0.2) is 0 Å². The molecule has 0 aromatic heterocycles. The SMILES string of the molecule is CN=C(NCc1ccc(Cl)cc1)NC1CCC(SC)C1. The number of thioether (sulfide) groups is 1. The highest BCUT2D eigenvalue weighted by molar-refractivity contribution is 7.99. The number of hydrogen-bond acceptors (Lipinski definition) is 2. The van der Waals surface area contributed by atoms with Gasteiger partial charge in [0.2, 0.25) is 0 Å². The molecule has 0 amide bonds. The van der Waals surface area contributed by atoms with Crippen LogP contribution in [0.25, 0.3) is 0 Å². The Morgan fingerprint density at radius 2 is 2.10 bits per heavy atom. The van der Waals surface area contributed by atoms with Crippen LogP contribution < -0.4 is 10.6 Å². The van der Waals surface area contributed by atoms with E-state index in [0.29, 0.717) is 6.04 Å².